The summed E-state index contributed by atoms with van der Waals surface area (Å²) in [6.07, 6.45) is 0.830. The Bertz CT molecular complexity index is 69.9. The van der Waals surface area contributed by atoms with Crippen LogP contribution in [-0.4, -0.2) is 6.54 Å². The lowest BCUT2D eigenvalue weighted by atomic mass is 10.4. The summed E-state index contributed by atoms with van der Waals surface area (Å²) in [7, 11) is 0. The molecule has 0 rings (SSSR count). The summed E-state index contributed by atoms with van der Waals surface area (Å²) in [4.78, 5) is 0. The van der Waals surface area contributed by atoms with Crippen molar-refractivity contribution in [1.29, 1.82) is 0 Å². The topological polar surface area (TPSA) is 26.0 Å². The molecule has 0 aromatic rings. The zero-order valence-electron chi connectivity index (χ0n) is 4.40. The number of nitrogens with two attached hydrogens (primary N) is 1. The highest BCUT2D eigenvalue weighted by Gasteiger charge is 1.63. The molecule has 0 saturated carbocycles. The third-order valence-corrected chi connectivity index (χ3v) is 0.446. The molecule has 0 atom stereocenters. The van der Waals surface area contributed by atoms with E-state index in [9.17, 15) is 0 Å². The van der Waals surface area contributed by atoms with Crippen molar-refractivity contribution in [2.45, 2.75) is 13.3 Å². The Morgan fingerprint density at radius 1 is 1.57 bits per heavy atom. The van der Waals surface area contributed by atoms with Crippen molar-refractivity contribution in [3.05, 3.63) is 0 Å². The Morgan fingerprint density at radius 3 is 2.29 bits per heavy atom. The minimum Gasteiger partial charge on any atom is -0.330 e. The van der Waals surface area contributed by atoms with E-state index < -0.39 is 0 Å². The van der Waals surface area contributed by atoms with Gasteiger partial charge in [-0.05, 0) is 6.92 Å². The molecule has 0 aromatic carbocycles. The van der Waals surface area contributed by atoms with Gasteiger partial charge in [-0.25, -0.2) is 0 Å². The van der Waals surface area contributed by atoms with E-state index in [1.807, 2.05) is 6.92 Å². The van der Waals surface area contributed by atoms with Gasteiger partial charge in [0.2, 0.25) is 0 Å². The van der Waals surface area contributed by atoms with Crippen molar-refractivity contribution in [2.75, 3.05) is 6.54 Å². The lowest BCUT2D eigenvalue weighted by molar-refractivity contribution is 1.03. The summed E-state index contributed by atoms with van der Waals surface area (Å²) in [5.74, 6) is 5.56. The minimum atomic E-state index is 0. The van der Waals surface area contributed by atoms with Gasteiger partial charge < -0.3 is 5.73 Å². The summed E-state index contributed by atoms with van der Waals surface area (Å²) in [5.41, 5.74) is 5.11. The standard InChI is InChI=1S/C5H9N.ClH/c1-2-3-4-5-6;/h4-6H2,1H3;1H. The van der Waals surface area contributed by atoms with Gasteiger partial charge in [0.15, 0.2) is 0 Å². The second-order valence-corrected chi connectivity index (χ2v) is 0.965. The number of hydrogen-bond acceptors (Lipinski definition) is 1. The van der Waals surface area contributed by atoms with E-state index in [4.69, 9.17) is 5.73 Å². The summed E-state index contributed by atoms with van der Waals surface area (Å²) >= 11 is 0. The van der Waals surface area contributed by atoms with Gasteiger partial charge in [0.1, 0.15) is 0 Å². The third kappa shape index (κ3) is 10.7. The molecular formula is C5H10ClN. The average molecular weight is 120 g/mol. The van der Waals surface area contributed by atoms with Crippen LogP contribution in [0.5, 0.6) is 0 Å². The Hall–Kier alpha value is -0.190. The molecule has 0 heterocycles. The van der Waals surface area contributed by atoms with Crippen molar-refractivity contribution in [1.82, 2.24) is 0 Å². The molecule has 0 saturated heterocycles. The molecule has 42 valence electrons. The minimum absolute atomic E-state index is 0. The van der Waals surface area contributed by atoms with Crippen LogP contribution in [0.4, 0.5) is 0 Å². The van der Waals surface area contributed by atoms with Crippen LogP contribution in [0.2, 0.25) is 0 Å². The molecule has 0 aromatic heterocycles. The van der Waals surface area contributed by atoms with Crippen molar-refractivity contribution in [2.24, 2.45) is 5.73 Å². The van der Waals surface area contributed by atoms with Gasteiger partial charge in [-0.1, -0.05) is 0 Å². The molecule has 0 aliphatic heterocycles. The zero-order chi connectivity index (χ0) is 4.83. The predicted molar refractivity (Wildman–Crippen MR) is 34.4 cm³/mol. The van der Waals surface area contributed by atoms with Crippen molar-refractivity contribution >= 4 is 12.4 Å². The molecule has 0 bridgehead atoms. The first-order valence-electron chi connectivity index (χ1n) is 2.01. The van der Waals surface area contributed by atoms with Crippen molar-refractivity contribution in [3.63, 3.8) is 0 Å². The van der Waals surface area contributed by atoms with Gasteiger partial charge in [0.25, 0.3) is 0 Å². The van der Waals surface area contributed by atoms with E-state index in [1.54, 1.807) is 0 Å². The summed E-state index contributed by atoms with van der Waals surface area (Å²) in [6, 6.07) is 0. The summed E-state index contributed by atoms with van der Waals surface area (Å²) < 4.78 is 0. The fourth-order valence-electron chi connectivity index (χ4n) is 0.197. The monoisotopic (exact) mass is 119 g/mol. The molecule has 0 amide bonds. The lowest BCUT2D eigenvalue weighted by Crippen LogP contribution is -1.95. The highest BCUT2D eigenvalue weighted by atomic mass is 35.5. The molecule has 0 unspecified atom stereocenters. The Labute approximate surface area is 50.7 Å². The van der Waals surface area contributed by atoms with Crippen molar-refractivity contribution < 1.29 is 0 Å². The third-order valence-electron chi connectivity index (χ3n) is 0.446. The number of halogens is 1. The van der Waals surface area contributed by atoms with Crippen LogP contribution in [-0.2, 0) is 0 Å². The normalized spacial score (nSPS) is 5.43. The van der Waals surface area contributed by atoms with Crippen LogP contribution in [0.15, 0.2) is 0 Å². The van der Waals surface area contributed by atoms with E-state index in [0.717, 1.165) is 6.42 Å². The highest BCUT2D eigenvalue weighted by molar-refractivity contribution is 5.85. The molecule has 1 nitrogen and oxygen atoms in total. The highest BCUT2D eigenvalue weighted by Crippen LogP contribution is 1.63. The van der Waals surface area contributed by atoms with Crippen LogP contribution in [0, 0.1) is 11.8 Å². The first kappa shape index (κ1) is 9.94. The van der Waals surface area contributed by atoms with Crippen LogP contribution in [0.25, 0.3) is 0 Å². The van der Waals surface area contributed by atoms with E-state index >= 15 is 0 Å². The van der Waals surface area contributed by atoms with Crippen LogP contribution >= 0.6 is 12.4 Å². The first-order chi connectivity index (χ1) is 2.91. The zero-order valence-corrected chi connectivity index (χ0v) is 5.22. The van der Waals surface area contributed by atoms with Crippen molar-refractivity contribution in [3.8, 4) is 11.8 Å². The van der Waals surface area contributed by atoms with Gasteiger partial charge >= 0.3 is 0 Å². The van der Waals surface area contributed by atoms with E-state index in [0.29, 0.717) is 6.54 Å². The SMILES string of the molecule is CC#CCCN.Cl. The second kappa shape index (κ2) is 9.26. The van der Waals surface area contributed by atoms with Gasteiger partial charge in [0, 0.05) is 13.0 Å². The molecular weight excluding hydrogens is 110 g/mol. The number of hydrogen-bond donors (Lipinski definition) is 1. The van der Waals surface area contributed by atoms with E-state index in [1.165, 1.54) is 0 Å². The predicted octanol–water partition coefficient (Wildman–Crippen LogP) is 0.780. The van der Waals surface area contributed by atoms with Gasteiger partial charge in [0.05, 0.1) is 0 Å². The first-order valence-corrected chi connectivity index (χ1v) is 2.01. The maximum absolute atomic E-state index is 5.11. The van der Waals surface area contributed by atoms with Gasteiger partial charge in [-0.2, -0.15) is 0 Å². The Balaban J connectivity index is 0. The molecule has 7 heavy (non-hydrogen) atoms. The van der Waals surface area contributed by atoms with Crippen LogP contribution in [0.3, 0.4) is 0 Å². The van der Waals surface area contributed by atoms with E-state index in [-0.39, 0.29) is 12.4 Å². The quantitative estimate of drug-likeness (QED) is 0.508. The Kier molecular flexibility index (Phi) is 13.1. The summed E-state index contributed by atoms with van der Waals surface area (Å²) in [5, 5.41) is 0. The molecule has 0 aliphatic carbocycles. The molecule has 2 heteroatoms. The second-order valence-electron chi connectivity index (χ2n) is 0.965. The molecule has 2 N–H and O–H groups in total. The summed E-state index contributed by atoms with van der Waals surface area (Å²) in [6.45, 7) is 2.50. The Morgan fingerprint density at radius 2 is 2.14 bits per heavy atom. The van der Waals surface area contributed by atoms with Crippen LogP contribution < -0.4 is 5.73 Å². The molecule has 0 radical (unpaired) electrons. The molecule has 0 fully saturated rings. The van der Waals surface area contributed by atoms with Gasteiger partial charge in [-0.3, -0.25) is 0 Å². The lowest BCUT2D eigenvalue weighted by Gasteiger charge is -1.73. The fourth-order valence-corrected chi connectivity index (χ4v) is 0.197. The molecule has 0 spiro atoms. The smallest absolute Gasteiger partial charge is 0.0212 e. The van der Waals surface area contributed by atoms with Crippen LogP contribution in [0.1, 0.15) is 13.3 Å². The molecule has 0 aliphatic rings. The maximum atomic E-state index is 5.11. The average Bonchev–Trinajstić information content (AvgIpc) is 1.61. The van der Waals surface area contributed by atoms with Gasteiger partial charge in [-0.15, -0.1) is 24.2 Å². The largest absolute Gasteiger partial charge is 0.330 e. The maximum Gasteiger partial charge on any atom is 0.0212 e. The fraction of sp³-hybridized carbons (Fsp3) is 0.600. The number of rotatable bonds is 1. The van der Waals surface area contributed by atoms with E-state index in [2.05, 4.69) is 11.8 Å².